The molecule has 2 heterocycles. The Morgan fingerprint density at radius 3 is 2.50 bits per heavy atom. The van der Waals surface area contributed by atoms with Crippen LogP contribution in [0.4, 0.5) is 0 Å². The summed E-state index contributed by atoms with van der Waals surface area (Å²) in [5, 5.41) is 5.35. The summed E-state index contributed by atoms with van der Waals surface area (Å²) in [6.07, 6.45) is 0. The van der Waals surface area contributed by atoms with E-state index in [2.05, 4.69) is 35.5 Å². The molecule has 2 aromatic heterocycles. The van der Waals surface area contributed by atoms with Gasteiger partial charge in [-0.1, -0.05) is 0 Å². The SMILES string of the molecule is [CH3][Sn]([CH3])([CH3])[c]1csc(-c2cscn2)n1. The van der Waals surface area contributed by atoms with Gasteiger partial charge in [-0.05, 0) is 0 Å². The summed E-state index contributed by atoms with van der Waals surface area (Å²) in [6, 6.07) is 0. The van der Waals surface area contributed by atoms with E-state index >= 15 is 0 Å². The molecule has 0 bridgehead atoms. The van der Waals surface area contributed by atoms with Crippen molar-refractivity contribution in [1.29, 1.82) is 0 Å². The minimum atomic E-state index is -1.96. The van der Waals surface area contributed by atoms with Crippen LogP contribution in [0.25, 0.3) is 10.7 Å². The molecule has 14 heavy (non-hydrogen) atoms. The van der Waals surface area contributed by atoms with Gasteiger partial charge in [-0.2, -0.15) is 0 Å². The Bertz CT molecular complexity index is 414. The van der Waals surface area contributed by atoms with E-state index < -0.39 is 18.4 Å². The monoisotopic (exact) mass is 332 g/mol. The van der Waals surface area contributed by atoms with Crippen LogP contribution < -0.4 is 3.71 Å². The maximum atomic E-state index is 4.68. The molecule has 5 heteroatoms. The van der Waals surface area contributed by atoms with Crippen LogP contribution in [0.1, 0.15) is 0 Å². The van der Waals surface area contributed by atoms with Crippen LogP contribution in [-0.2, 0) is 0 Å². The zero-order valence-corrected chi connectivity index (χ0v) is 12.9. The molecule has 2 rings (SSSR count). The van der Waals surface area contributed by atoms with Crippen LogP contribution in [0.2, 0.25) is 14.8 Å². The van der Waals surface area contributed by atoms with Gasteiger partial charge in [0.25, 0.3) is 0 Å². The molecule has 0 aliphatic rings. The first-order chi connectivity index (χ1) is 6.57. The number of aromatic nitrogens is 2. The van der Waals surface area contributed by atoms with Gasteiger partial charge in [-0.15, -0.1) is 0 Å². The summed E-state index contributed by atoms with van der Waals surface area (Å²) in [6.45, 7) is 0. The van der Waals surface area contributed by atoms with Crippen molar-refractivity contribution < 1.29 is 0 Å². The molecule has 0 aliphatic heterocycles. The first-order valence-corrected chi connectivity index (χ1v) is 16.2. The van der Waals surface area contributed by atoms with Gasteiger partial charge in [-0.3, -0.25) is 0 Å². The van der Waals surface area contributed by atoms with Crippen molar-refractivity contribution in [2.24, 2.45) is 0 Å². The molecular formula is C9H12N2S2Sn. The zero-order valence-electron chi connectivity index (χ0n) is 8.44. The molecule has 74 valence electrons. The molecule has 2 aromatic rings. The molecule has 0 radical (unpaired) electrons. The van der Waals surface area contributed by atoms with Crippen LogP contribution in [0.15, 0.2) is 16.3 Å². The van der Waals surface area contributed by atoms with Gasteiger partial charge in [0.2, 0.25) is 0 Å². The van der Waals surface area contributed by atoms with Crippen molar-refractivity contribution >= 4 is 44.8 Å². The van der Waals surface area contributed by atoms with Crippen molar-refractivity contribution in [3.05, 3.63) is 16.3 Å². The van der Waals surface area contributed by atoms with E-state index in [0.717, 1.165) is 10.7 Å². The molecule has 0 fully saturated rings. The van der Waals surface area contributed by atoms with Crippen LogP contribution in [0.3, 0.4) is 0 Å². The third-order valence-electron chi connectivity index (χ3n) is 1.92. The summed E-state index contributed by atoms with van der Waals surface area (Å²) in [5.41, 5.74) is 2.89. The van der Waals surface area contributed by atoms with Crippen molar-refractivity contribution in [3.63, 3.8) is 0 Å². The molecule has 0 N–H and O–H groups in total. The Balaban J connectivity index is 2.36. The quantitative estimate of drug-likeness (QED) is 0.791. The number of rotatable bonds is 2. The van der Waals surface area contributed by atoms with E-state index in [1.165, 1.54) is 3.71 Å². The number of nitrogens with zero attached hydrogens (tertiary/aromatic N) is 2. The Morgan fingerprint density at radius 1 is 1.21 bits per heavy atom. The third kappa shape index (κ3) is 2.17. The average Bonchev–Trinajstić information content (AvgIpc) is 2.73. The van der Waals surface area contributed by atoms with E-state index in [1.807, 2.05) is 5.51 Å². The first-order valence-electron chi connectivity index (χ1n) is 4.42. The third-order valence-corrected chi connectivity index (χ3v) is 9.09. The van der Waals surface area contributed by atoms with E-state index in [4.69, 9.17) is 0 Å². The molecule has 0 aliphatic carbocycles. The van der Waals surface area contributed by atoms with Gasteiger partial charge >= 0.3 is 96.5 Å². The molecule has 0 saturated carbocycles. The fourth-order valence-electron chi connectivity index (χ4n) is 1.05. The molecule has 2 nitrogen and oxygen atoms in total. The van der Waals surface area contributed by atoms with E-state index in [-0.39, 0.29) is 0 Å². The van der Waals surface area contributed by atoms with Gasteiger partial charge in [0.15, 0.2) is 0 Å². The van der Waals surface area contributed by atoms with E-state index in [1.54, 1.807) is 22.7 Å². The number of thiazole rings is 2. The molecule has 0 atom stereocenters. The summed E-state index contributed by atoms with van der Waals surface area (Å²) in [7, 11) is 0. The summed E-state index contributed by atoms with van der Waals surface area (Å²) in [4.78, 5) is 16.1. The van der Waals surface area contributed by atoms with Gasteiger partial charge in [0.05, 0.1) is 0 Å². The van der Waals surface area contributed by atoms with Gasteiger partial charge in [-0.25, -0.2) is 0 Å². The molecule has 0 unspecified atom stereocenters. The zero-order chi connectivity index (χ0) is 10.2. The van der Waals surface area contributed by atoms with Gasteiger partial charge < -0.3 is 0 Å². The predicted molar refractivity (Wildman–Crippen MR) is 66.2 cm³/mol. The van der Waals surface area contributed by atoms with Crippen molar-refractivity contribution in [1.82, 2.24) is 9.97 Å². The topological polar surface area (TPSA) is 25.8 Å². The fourth-order valence-corrected chi connectivity index (χ4v) is 7.72. The van der Waals surface area contributed by atoms with Crippen molar-refractivity contribution in [3.8, 4) is 10.7 Å². The van der Waals surface area contributed by atoms with E-state index in [9.17, 15) is 0 Å². The molecule has 0 spiro atoms. The molecule has 0 amide bonds. The number of hydrogen-bond donors (Lipinski definition) is 0. The summed E-state index contributed by atoms with van der Waals surface area (Å²) < 4.78 is 1.35. The standard InChI is InChI=1S/C6H3N2S2.3CH3.Sn/c1-2-10-6(7-1)5-3-9-4-8-5;;;;/h2-4H;3*1H3;. The second-order valence-corrected chi connectivity index (χ2v) is 20.0. The minimum absolute atomic E-state index is 1.03. The second-order valence-electron chi connectivity index (χ2n) is 4.16. The van der Waals surface area contributed by atoms with Crippen LogP contribution >= 0.6 is 22.7 Å². The van der Waals surface area contributed by atoms with Crippen molar-refractivity contribution in [2.75, 3.05) is 0 Å². The number of hydrogen-bond acceptors (Lipinski definition) is 4. The van der Waals surface area contributed by atoms with Crippen LogP contribution in [0, 0.1) is 0 Å². The Kier molecular flexibility index (Phi) is 2.95. The Hall–Kier alpha value is 0.0587. The molecule has 0 saturated heterocycles. The van der Waals surface area contributed by atoms with Gasteiger partial charge in [0.1, 0.15) is 0 Å². The van der Waals surface area contributed by atoms with Gasteiger partial charge in [0, 0.05) is 0 Å². The predicted octanol–water partition coefficient (Wildman–Crippen LogP) is 2.81. The normalized spacial score (nSPS) is 11.9. The fraction of sp³-hybridized carbons (Fsp3) is 0.333. The van der Waals surface area contributed by atoms with Crippen LogP contribution in [0.5, 0.6) is 0 Å². The summed E-state index contributed by atoms with van der Waals surface area (Å²) >= 11 is 1.39. The molecule has 0 aromatic carbocycles. The van der Waals surface area contributed by atoms with E-state index in [0.29, 0.717) is 0 Å². The molecular weight excluding hydrogens is 319 g/mol. The van der Waals surface area contributed by atoms with Crippen molar-refractivity contribution in [2.45, 2.75) is 14.8 Å². The van der Waals surface area contributed by atoms with Crippen LogP contribution in [-0.4, -0.2) is 28.3 Å². The Labute approximate surface area is 95.9 Å². The second kappa shape index (κ2) is 3.90. The first kappa shape index (κ1) is 10.6. The Morgan fingerprint density at radius 2 is 2.00 bits per heavy atom. The maximum absolute atomic E-state index is 4.68. The summed E-state index contributed by atoms with van der Waals surface area (Å²) in [5.74, 6) is 0. The average molecular weight is 331 g/mol.